The van der Waals surface area contributed by atoms with Crippen molar-refractivity contribution in [3.63, 3.8) is 0 Å². The van der Waals surface area contributed by atoms with Crippen LogP contribution in [0.1, 0.15) is 18.4 Å². The van der Waals surface area contributed by atoms with Crippen molar-refractivity contribution in [1.29, 1.82) is 0 Å². The molecule has 8 nitrogen and oxygen atoms in total. The number of pyridine rings is 1. The average molecular weight is 417 g/mol. The first-order valence-electron chi connectivity index (χ1n) is 9.45. The van der Waals surface area contributed by atoms with Crippen LogP contribution in [0.3, 0.4) is 0 Å². The van der Waals surface area contributed by atoms with Crippen LogP contribution in [0.2, 0.25) is 0 Å². The van der Waals surface area contributed by atoms with E-state index in [0.717, 1.165) is 34.9 Å². The Morgan fingerprint density at radius 3 is 2.79 bits per heavy atom. The molecule has 3 aromatic rings. The third-order valence-corrected chi connectivity index (χ3v) is 5.52. The number of aryl methyl sites for hydroxylation is 1. The van der Waals surface area contributed by atoms with Crippen LogP contribution in [0.5, 0.6) is 5.75 Å². The zero-order valence-corrected chi connectivity index (χ0v) is 16.9. The molecule has 0 radical (unpaired) electrons. The van der Waals surface area contributed by atoms with Crippen LogP contribution in [-0.2, 0) is 29.2 Å². The Hall–Kier alpha value is -2.62. The van der Waals surface area contributed by atoms with Gasteiger partial charge in [-0.2, -0.15) is 0 Å². The van der Waals surface area contributed by atoms with Gasteiger partial charge in [0.1, 0.15) is 17.4 Å². The standard InChI is InChI=1S/C20H23N3O5S/c1-23-12-17(15-4-7-21-19(15)20(23)24)16-10-13(11-22-29(25)26)2-3-18(16)28-14-5-8-27-9-6-14/h2-4,7,10,12,14,21,29H,5-6,8-9,11H2,1H3,(H,22,25,26). The number of ether oxygens (including phenoxy) is 2. The molecule has 0 bridgehead atoms. The Balaban J connectivity index is 1.82. The number of nitrogens with zero attached hydrogens (tertiary/aromatic N) is 1. The number of nitrogens with one attached hydrogen (secondary N) is 2. The molecular formula is C20H23N3O5S. The summed E-state index contributed by atoms with van der Waals surface area (Å²) in [5.41, 5.74) is 2.88. The Morgan fingerprint density at radius 2 is 2.03 bits per heavy atom. The van der Waals surface area contributed by atoms with E-state index in [2.05, 4.69) is 9.71 Å². The number of hydrogen-bond donors (Lipinski definition) is 3. The Morgan fingerprint density at radius 1 is 1.24 bits per heavy atom. The predicted octanol–water partition coefficient (Wildman–Crippen LogP) is 1.71. The average Bonchev–Trinajstić information content (AvgIpc) is 3.21. The maximum absolute atomic E-state index is 12.4. The smallest absolute Gasteiger partial charge is 0.274 e. The molecular weight excluding hydrogens is 394 g/mol. The number of aromatic amines is 1. The highest BCUT2D eigenvalue weighted by atomic mass is 32.2. The van der Waals surface area contributed by atoms with Gasteiger partial charge < -0.3 is 19.0 Å². The largest absolute Gasteiger partial charge is 0.490 e. The van der Waals surface area contributed by atoms with Gasteiger partial charge in [-0.15, -0.1) is 0 Å². The second-order valence-corrected chi connectivity index (χ2v) is 7.91. The lowest BCUT2D eigenvalue weighted by atomic mass is 10.00. The second kappa shape index (κ2) is 8.40. The summed E-state index contributed by atoms with van der Waals surface area (Å²) in [5, 5.41) is 0.796. The normalized spacial score (nSPS) is 15.2. The summed E-state index contributed by atoms with van der Waals surface area (Å²) in [4.78, 5) is 15.4. The van der Waals surface area contributed by atoms with Crippen LogP contribution >= 0.6 is 0 Å². The van der Waals surface area contributed by atoms with Gasteiger partial charge in [0.2, 0.25) is 10.9 Å². The van der Waals surface area contributed by atoms with Crippen LogP contribution in [0.25, 0.3) is 22.0 Å². The fourth-order valence-electron chi connectivity index (χ4n) is 3.61. The van der Waals surface area contributed by atoms with Gasteiger partial charge in [-0.25, -0.2) is 13.1 Å². The van der Waals surface area contributed by atoms with Crippen LogP contribution in [0.15, 0.2) is 41.5 Å². The summed E-state index contributed by atoms with van der Waals surface area (Å²) < 4.78 is 37.5. The van der Waals surface area contributed by atoms with Crippen molar-refractivity contribution in [2.75, 3.05) is 13.2 Å². The van der Waals surface area contributed by atoms with Crippen LogP contribution in [0, 0.1) is 0 Å². The SMILES string of the molecule is Cn1cc(-c2cc(CN[SH](=O)=O)ccc2OC2CCOCC2)c2cc[nH]c2c1=O. The highest BCUT2D eigenvalue weighted by Crippen LogP contribution is 2.36. The Labute approximate surface area is 169 Å². The first kappa shape index (κ1) is 19.7. The van der Waals surface area contributed by atoms with Crippen molar-refractivity contribution >= 4 is 21.8 Å². The minimum Gasteiger partial charge on any atom is -0.490 e. The van der Waals surface area contributed by atoms with E-state index in [1.165, 1.54) is 4.57 Å². The lowest BCUT2D eigenvalue weighted by Crippen LogP contribution is -2.26. The summed E-state index contributed by atoms with van der Waals surface area (Å²) in [7, 11) is -0.978. The molecule has 9 heteroatoms. The topological polar surface area (TPSA) is 102 Å². The third kappa shape index (κ3) is 4.21. The highest BCUT2D eigenvalue weighted by molar-refractivity contribution is 7.70. The van der Waals surface area contributed by atoms with Crippen molar-refractivity contribution in [3.05, 3.63) is 52.6 Å². The van der Waals surface area contributed by atoms with Crippen molar-refractivity contribution < 1.29 is 17.9 Å². The van der Waals surface area contributed by atoms with E-state index in [-0.39, 0.29) is 18.2 Å². The van der Waals surface area contributed by atoms with E-state index in [0.29, 0.717) is 24.5 Å². The molecule has 2 aromatic heterocycles. The Kier molecular flexibility index (Phi) is 5.70. The third-order valence-electron chi connectivity index (χ3n) is 5.10. The zero-order chi connectivity index (χ0) is 20.4. The molecule has 1 aliphatic heterocycles. The minimum atomic E-state index is -2.69. The van der Waals surface area contributed by atoms with Crippen LogP contribution < -0.4 is 15.0 Å². The molecule has 0 unspecified atom stereocenters. The molecule has 0 atom stereocenters. The molecule has 2 N–H and O–H groups in total. The van der Waals surface area contributed by atoms with Gasteiger partial charge >= 0.3 is 0 Å². The number of rotatable bonds is 6. The van der Waals surface area contributed by atoms with Gasteiger partial charge in [0.15, 0.2) is 0 Å². The number of fused-ring (bicyclic) bond motifs is 1. The minimum absolute atomic E-state index is 0.0526. The quantitative estimate of drug-likeness (QED) is 0.530. The second-order valence-electron chi connectivity index (χ2n) is 7.08. The van der Waals surface area contributed by atoms with E-state index < -0.39 is 10.9 Å². The lowest BCUT2D eigenvalue weighted by Gasteiger charge is -2.25. The summed E-state index contributed by atoms with van der Waals surface area (Å²) in [5.74, 6) is 0.702. The fourth-order valence-corrected chi connectivity index (χ4v) is 3.92. The molecule has 0 aliphatic carbocycles. The summed E-state index contributed by atoms with van der Waals surface area (Å²) in [6.45, 7) is 1.52. The highest BCUT2D eigenvalue weighted by Gasteiger charge is 2.20. The lowest BCUT2D eigenvalue weighted by molar-refractivity contribution is 0.0258. The molecule has 154 valence electrons. The van der Waals surface area contributed by atoms with Gasteiger partial charge in [0.25, 0.3) is 5.56 Å². The van der Waals surface area contributed by atoms with Gasteiger partial charge in [0, 0.05) is 55.3 Å². The van der Waals surface area contributed by atoms with Crippen molar-refractivity contribution in [3.8, 4) is 16.9 Å². The number of H-pyrrole nitrogens is 1. The first-order chi connectivity index (χ1) is 14.0. The van der Waals surface area contributed by atoms with E-state index in [1.54, 1.807) is 19.4 Å². The van der Waals surface area contributed by atoms with E-state index >= 15 is 0 Å². The van der Waals surface area contributed by atoms with Crippen LogP contribution in [-0.4, -0.2) is 37.3 Å². The van der Waals surface area contributed by atoms with Crippen molar-refractivity contribution in [2.24, 2.45) is 7.05 Å². The van der Waals surface area contributed by atoms with Crippen molar-refractivity contribution in [1.82, 2.24) is 14.3 Å². The Bertz CT molecular complexity index is 1150. The summed E-state index contributed by atoms with van der Waals surface area (Å²) in [6.07, 6.45) is 5.20. The molecule has 0 spiro atoms. The summed E-state index contributed by atoms with van der Waals surface area (Å²) >= 11 is 0. The molecule has 1 fully saturated rings. The zero-order valence-electron chi connectivity index (χ0n) is 16.0. The number of aromatic nitrogens is 2. The maximum atomic E-state index is 12.4. The monoisotopic (exact) mass is 417 g/mol. The number of hydrogen-bond acceptors (Lipinski definition) is 5. The summed E-state index contributed by atoms with van der Waals surface area (Å²) in [6, 6.07) is 7.49. The number of thiol groups is 1. The first-order valence-corrected chi connectivity index (χ1v) is 10.6. The van der Waals surface area contributed by atoms with E-state index in [4.69, 9.17) is 9.47 Å². The molecule has 1 aliphatic rings. The van der Waals surface area contributed by atoms with Gasteiger partial charge in [-0.1, -0.05) is 6.07 Å². The molecule has 1 aromatic carbocycles. The molecule has 29 heavy (non-hydrogen) atoms. The molecule has 0 amide bonds. The predicted molar refractivity (Wildman–Crippen MR) is 111 cm³/mol. The van der Waals surface area contributed by atoms with E-state index in [9.17, 15) is 13.2 Å². The fraction of sp³-hybridized carbons (Fsp3) is 0.350. The van der Waals surface area contributed by atoms with Gasteiger partial charge in [-0.3, -0.25) is 4.79 Å². The van der Waals surface area contributed by atoms with Crippen molar-refractivity contribution in [2.45, 2.75) is 25.5 Å². The molecule has 3 heterocycles. The van der Waals surface area contributed by atoms with Gasteiger partial charge in [-0.05, 0) is 23.8 Å². The van der Waals surface area contributed by atoms with E-state index in [1.807, 2.05) is 24.3 Å². The molecule has 1 saturated heterocycles. The van der Waals surface area contributed by atoms with Gasteiger partial charge in [0.05, 0.1) is 13.2 Å². The maximum Gasteiger partial charge on any atom is 0.274 e. The number of benzene rings is 1. The van der Waals surface area contributed by atoms with Crippen LogP contribution in [0.4, 0.5) is 0 Å². The molecule has 4 rings (SSSR count). The molecule has 0 saturated carbocycles.